The van der Waals surface area contributed by atoms with Gasteiger partial charge in [0.25, 0.3) is 11.5 Å². The number of hydrazine groups is 1. The zero-order chi connectivity index (χ0) is 21.3. The number of fused-ring (bicyclic) bond motifs is 3. The third-order valence-electron chi connectivity index (χ3n) is 5.20. The molecular weight excluding hydrogens is 404 g/mol. The largest absolute Gasteiger partial charge is 0.310 e. The highest BCUT2D eigenvalue weighted by atomic mass is 32.1. The zero-order valence-electron chi connectivity index (χ0n) is 17.0. The van der Waals surface area contributed by atoms with Crippen molar-refractivity contribution in [2.75, 3.05) is 0 Å². The molecule has 0 saturated carbocycles. The molecule has 0 aliphatic heterocycles. The molecule has 158 valence electrons. The maximum absolute atomic E-state index is 12.5. The molecule has 0 bridgehead atoms. The Labute approximate surface area is 176 Å². The molecule has 1 aliphatic carbocycles. The maximum Gasteiger partial charge on any atom is 0.260 e. The van der Waals surface area contributed by atoms with E-state index in [-0.39, 0.29) is 36.8 Å². The van der Waals surface area contributed by atoms with Crippen LogP contribution in [0, 0.1) is 13.8 Å². The molecule has 3 aromatic heterocycles. The first-order chi connectivity index (χ1) is 14.4. The van der Waals surface area contributed by atoms with E-state index in [2.05, 4.69) is 25.9 Å². The average molecular weight is 429 g/mol. The van der Waals surface area contributed by atoms with Gasteiger partial charge in [-0.15, -0.1) is 11.3 Å². The lowest BCUT2D eigenvalue weighted by Crippen LogP contribution is -2.43. The summed E-state index contributed by atoms with van der Waals surface area (Å²) in [6, 6.07) is 1.88. The van der Waals surface area contributed by atoms with Crippen LogP contribution in [0.5, 0.6) is 0 Å². The summed E-state index contributed by atoms with van der Waals surface area (Å²) < 4.78 is 1.57. The number of rotatable bonds is 5. The van der Waals surface area contributed by atoms with Crippen molar-refractivity contribution in [1.82, 2.24) is 30.6 Å². The van der Waals surface area contributed by atoms with Crippen LogP contribution in [-0.2, 0) is 35.4 Å². The highest BCUT2D eigenvalue weighted by Crippen LogP contribution is 2.33. The van der Waals surface area contributed by atoms with Crippen LogP contribution >= 0.6 is 11.3 Å². The van der Waals surface area contributed by atoms with Gasteiger partial charge in [-0.3, -0.25) is 29.9 Å². The Bertz CT molecular complexity index is 1180. The number of nitrogens with zero attached hydrogens (tertiary/aromatic N) is 3. The molecule has 1 aliphatic rings. The summed E-state index contributed by atoms with van der Waals surface area (Å²) in [5.74, 6) is -0.244. The molecule has 10 heteroatoms. The molecule has 3 N–H and O–H groups in total. The molecule has 0 spiro atoms. The minimum Gasteiger partial charge on any atom is -0.310 e. The first-order valence-electron chi connectivity index (χ1n) is 10.0. The van der Waals surface area contributed by atoms with Crippen LogP contribution in [0.1, 0.15) is 46.9 Å². The fourth-order valence-electron chi connectivity index (χ4n) is 3.77. The number of hydrogen-bond donors (Lipinski definition) is 3. The zero-order valence-corrected chi connectivity index (χ0v) is 17.8. The molecule has 3 heterocycles. The number of aromatic nitrogens is 4. The topological polar surface area (TPSA) is 122 Å². The van der Waals surface area contributed by atoms with Crippen molar-refractivity contribution < 1.29 is 9.59 Å². The van der Waals surface area contributed by atoms with Crippen molar-refractivity contribution in [3.05, 3.63) is 44.1 Å². The Hall–Kier alpha value is -3.01. The van der Waals surface area contributed by atoms with Crippen LogP contribution in [0.2, 0.25) is 0 Å². The van der Waals surface area contributed by atoms with Crippen LogP contribution in [0.4, 0.5) is 0 Å². The van der Waals surface area contributed by atoms with Gasteiger partial charge in [-0.2, -0.15) is 5.10 Å². The van der Waals surface area contributed by atoms with Crippen molar-refractivity contribution >= 4 is 33.4 Å². The Kier molecular flexibility index (Phi) is 5.67. The smallest absolute Gasteiger partial charge is 0.260 e. The standard InChI is InChI=1S/C20H24N6O3S/c1-11-9-12(2)26(25-11)10-17(28)24-23-16(27)8-7-15-21-19(29)18-13-5-3-4-6-14(13)30-20(18)22-15/h9H,3-8,10H2,1-2H3,(H,23,27)(H,24,28)(H,21,22,29). The fourth-order valence-corrected chi connectivity index (χ4v) is 5.05. The molecule has 2 amide bonds. The third kappa shape index (κ3) is 4.28. The Balaban J connectivity index is 1.32. The number of thiophene rings is 1. The van der Waals surface area contributed by atoms with Crippen LogP contribution in [0.25, 0.3) is 10.2 Å². The quantitative estimate of drug-likeness (QED) is 0.531. The van der Waals surface area contributed by atoms with Gasteiger partial charge >= 0.3 is 0 Å². The predicted octanol–water partition coefficient (Wildman–Crippen LogP) is 1.46. The van der Waals surface area contributed by atoms with E-state index < -0.39 is 0 Å². The summed E-state index contributed by atoms with van der Waals surface area (Å²) in [5.41, 5.74) is 7.49. The molecule has 30 heavy (non-hydrogen) atoms. The Morgan fingerprint density at radius 2 is 1.97 bits per heavy atom. The normalized spacial score (nSPS) is 13.3. The van der Waals surface area contributed by atoms with Gasteiger partial charge in [0.1, 0.15) is 17.2 Å². The summed E-state index contributed by atoms with van der Waals surface area (Å²) in [6.07, 6.45) is 4.57. The lowest BCUT2D eigenvalue weighted by Gasteiger charge is -2.09. The number of aromatic amines is 1. The molecule has 0 radical (unpaired) electrons. The van der Waals surface area contributed by atoms with Gasteiger partial charge in [0.05, 0.1) is 11.1 Å². The van der Waals surface area contributed by atoms with Gasteiger partial charge in [-0.05, 0) is 51.2 Å². The van der Waals surface area contributed by atoms with E-state index >= 15 is 0 Å². The van der Waals surface area contributed by atoms with Gasteiger partial charge < -0.3 is 4.98 Å². The van der Waals surface area contributed by atoms with Crippen LogP contribution in [0.15, 0.2) is 10.9 Å². The first kappa shape index (κ1) is 20.3. The number of nitrogens with one attached hydrogen (secondary N) is 3. The minimum absolute atomic E-state index is 0.0224. The van der Waals surface area contributed by atoms with Crippen molar-refractivity contribution in [2.45, 2.75) is 58.9 Å². The number of aryl methyl sites for hydroxylation is 5. The number of amides is 2. The minimum atomic E-state index is -0.369. The summed E-state index contributed by atoms with van der Waals surface area (Å²) in [5, 5.41) is 4.92. The van der Waals surface area contributed by atoms with Crippen molar-refractivity contribution in [1.29, 1.82) is 0 Å². The molecule has 0 saturated heterocycles. The number of hydrogen-bond acceptors (Lipinski definition) is 6. The molecule has 0 atom stereocenters. The monoisotopic (exact) mass is 428 g/mol. The molecule has 0 fully saturated rings. The molecule has 4 rings (SSSR count). The SMILES string of the molecule is Cc1cc(C)n(CC(=O)NNC(=O)CCc2nc3sc4c(c3c(=O)[nH]2)CCCC4)n1. The Morgan fingerprint density at radius 3 is 2.73 bits per heavy atom. The van der Waals surface area contributed by atoms with Crippen molar-refractivity contribution in [3.8, 4) is 0 Å². The molecular formula is C20H24N6O3S. The van der Waals surface area contributed by atoms with E-state index in [1.165, 1.54) is 4.88 Å². The lowest BCUT2D eigenvalue weighted by molar-refractivity contribution is -0.129. The summed E-state index contributed by atoms with van der Waals surface area (Å²) in [4.78, 5) is 46.0. The van der Waals surface area contributed by atoms with E-state index in [1.54, 1.807) is 16.0 Å². The van der Waals surface area contributed by atoms with Crippen LogP contribution < -0.4 is 16.4 Å². The van der Waals surface area contributed by atoms with Crippen molar-refractivity contribution in [3.63, 3.8) is 0 Å². The van der Waals surface area contributed by atoms with Crippen LogP contribution in [-0.4, -0.2) is 31.6 Å². The lowest BCUT2D eigenvalue weighted by atomic mass is 9.97. The van der Waals surface area contributed by atoms with E-state index in [4.69, 9.17) is 0 Å². The van der Waals surface area contributed by atoms with E-state index in [0.29, 0.717) is 11.2 Å². The molecule has 0 unspecified atom stereocenters. The predicted molar refractivity (Wildman–Crippen MR) is 113 cm³/mol. The average Bonchev–Trinajstić information content (AvgIpc) is 3.23. The highest BCUT2D eigenvalue weighted by molar-refractivity contribution is 7.18. The molecule has 3 aromatic rings. The second-order valence-corrected chi connectivity index (χ2v) is 8.67. The van der Waals surface area contributed by atoms with Crippen molar-refractivity contribution in [2.24, 2.45) is 0 Å². The van der Waals surface area contributed by atoms with Crippen LogP contribution in [0.3, 0.4) is 0 Å². The summed E-state index contributed by atoms with van der Waals surface area (Å²) >= 11 is 1.58. The second-order valence-electron chi connectivity index (χ2n) is 7.58. The second kappa shape index (κ2) is 8.39. The summed E-state index contributed by atoms with van der Waals surface area (Å²) in [7, 11) is 0. The van der Waals surface area contributed by atoms with Gasteiger partial charge in [-0.1, -0.05) is 0 Å². The number of carbonyl (C=O) groups excluding carboxylic acids is 2. The number of carbonyl (C=O) groups is 2. The molecule has 9 nitrogen and oxygen atoms in total. The fraction of sp³-hybridized carbons (Fsp3) is 0.450. The first-order valence-corrected chi connectivity index (χ1v) is 10.8. The third-order valence-corrected chi connectivity index (χ3v) is 6.39. The van der Waals surface area contributed by atoms with E-state index in [0.717, 1.165) is 47.5 Å². The van der Waals surface area contributed by atoms with Gasteiger partial charge in [-0.25, -0.2) is 4.98 Å². The maximum atomic E-state index is 12.5. The molecule has 0 aromatic carbocycles. The summed E-state index contributed by atoms with van der Waals surface area (Å²) in [6.45, 7) is 3.74. The van der Waals surface area contributed by atoms with Gasteiger partial charge in [0, 0.05) is 23.4 Å². The van der Waals surface area contributed by atoms with Gasteiger partial charge in [0.2, 0.25) is 5.91 Å². The van der Waals surface area contributed by atoms with Gasteiger partial charge in [0.15, 0.2) is 0 Å². The highest BCUT2D eigenvalue weighted by Gasteiger charge is 2.20. The Morgan fingerprint density at radius 1 is 1.20 bits per heavy atom. The number of H-pyrrole nitrogens is 1. The van der Waals surface area contributed by atoms with E-state index in [9.17, 15) is 14.4 Å². The van der Waals surface area contributed by atoms with E-state index in [1.807, 2.05) is 19.9 Å².